The predicted octanol–water partition coefficient (Wildman–Crippen LogP) is 2.30. The molecule has 7 nitrogen and oxygen atoms in total. The van der Waals surface area contributed by atoms with Crippen LogP contribution in [0.25, 0.3) is 0 Å². The van der Waals surface area contributed by atoms with Gasteiger partial charge in [0.05, 0.1) is 13.2 Å². The second-order valence-electron chi connectivity index (χ2n) is 7.83. The highest BCUT2D eigenvalue weighted by Crippen LogP contribution is 2.17. The Bertz CT molecular complexity index is 729. The molecule has 7 heteroatoms. The van der Waals surface area contributed by atoms with E-state index in [0.29, 0.717) is 6.04 Å². The number of nitrogens with zero attached hydrogens (tertiary/aromatic N) is 4. The third kappa shape index (κ3) is 6.39. The second-order valence-corrected chi connectivity index (χ2v) is 7.83. The fourth-order valence-corrected chi connectivity index (χ4v) is 3.95. The number of anilines is 2. The molecule has 2 fully saturated rings. The van der Waals surface area contributed by atoms with Crippen LogP contribution in [0.15, 0.2) is 42.6 Å². The van der Waals surface area contributed by atoms with Crippen molar-refractivity contribution in [2.24, 2.45) is 0 Å². The van der Waals surface area contributed by atoms with Crippen LogP contribution in [0.1, 0.15) is 18.4 Å². The molecule has 4 rings (SSSR count). The lowest BCUT2D eigenvalue weighted by Gasteiger charge is -2.32. The molecule has 3 heterocycles. The maximum absolute atomic E-state index is 5.39. The van der Waals surface area contributed by atoms with Crippen molar-refractivity contribution in [3.63, 3.8) is 0 Å². The summed E-state index contributed by atoms with van der Waals surface area (Å²) in [7, 11) is 0. The number of piperidine rings is 1. The van der Waals surface area contributed by atoms with Crippen molar-refractivity contribution in [2.45, 2.75) is 25.4 Å². The normalized spacial score (nSPS) is 19.2. The lowest BCUT2D eigenvalue weighted by Crippen LogP contribution is -2.39. The van der Waals surface area contributed by atoms with Crippen LogP contribution in [-0.2, 0) is 11.3 Å². The molecule has 0 amide bonds. The molecule has 0 atom stereocenters. The molecule has 156 valence electrons. The Morgan fingerprint density at radius 2 is 1.76 bits per heavy atom. The minimum Gasteiger partial charge on any atom is -0.379 e. The molecule has 0 radical (unpaired) electrons. The van der Waals surface area contributed by atoms with Crippen LogP contribution in [0.3, 0.4) is 0 Å². The van der Waals surface area contributed by atoms with E-state index in [1.807, 2.05) is 12.3 Å². The predicted molar refractivity (Wildman–Crippen MR) is 116 cm³/mol. The third-order valence-corrected chi connectivity index (χ3v) is 5.66. The summed E-state index contributed by atoms with van der Waals surface area (Å²) >= 11 is 0. The molecule has 0 spiro atoms. The molecule has 0 saturated carbocycles. The first-order chi connectivity index (χ1) is 14.3. The van der Waals surface area contributed by atoms with Gasteiger partial charge in [0.15, 0.2) is 0 Å². The summed E-state index contributed by atoms with van der Waals surface area (Å²) in [6, 6.07) is 13.1. The first kappa shape index (κ1) is 20.1. The minimum absolute atomic E-state index is 0.436. The van der Waals surface area contributed by atoms with Crippen LogP contribution in [0.4, 0.5) is 11.8 Å². The molecule has 2 aromatic rings. The fraction of sp³-hybridized carbons (Fsp3) is 0.545. The van der Waals surface area contributed by atoms with E-state index < -0.39 is 0 Å². The van der Waals surface area contributed by atoms with Crippen LogP contribution in [0.5, 0.6) is 0 Å². The topological polar surface area (TPSA) is 65.5 Å². The van der Waals surface area contributed by atoms with E-state index in [4.69, 9.17) is 4.74 Å². The number of rotatable bonds is 8. The monoisotopic (exact) mass is 396 g/mol. The second kappa shape index (κ2) is 10.5. The van der Waals surface area contributed by atoms with Gasteiger partial charge in [-0.3, -0.25) is 9.80 Å². The van der Waals surface area contributed by atoms with E-state index in [2.05, 4.69) is 60.7 Å². The number of likely N-dealkylation sites (tertiary alicyclic amines) is 1. The van der Waals surface area contributed by atoms with Crippen molar-refractivity contribution >= 4 is 11.8 Å². The van der Waals surface area contributed by atoms with Gasteiger partial charge in [-0.25, -0.2) is 4.98 Å². The van der Waals surface area contributed by atoms with Gasteiger partial charge >= 0.3 is 0 Å². The lowest BCUT2D eigenvalue weighted by atomic mass is 10.0. The maximum atomic E-state index is 5.39. The molecule has 0 bridgehead atoms. The number of hydrogen-bond donors (Lipinski definition) is 2. The molecular formula is C22H32N6O. The van der Waals surface area contributed by atoms with Crippen LogP contribution < -0.4 is 10.6 Å². The molecular weight excluding hydrogens is 364 g/mol. The number of hydrogen-bond acceptors (Lipinski definition) is 7. The Kier molecular flexibility index (Phi) is 7.28. The maximum Gasteiger partial charge on any atom is 0.224 e. The van der Waals surface area contributed by atoms with Gasteiger partial charge in [-0.2, -0.15) is 4.98 Å². The standard InChI is InChI=1S/C22H32N6O/c1-2-4-19(5-3-1)18-28-11-7-20(8-12-28)25-22-24-9-6-21(26-22)23-10-13-27-14-16-29-17-15-27/h1-6,9,20H,7-8,10-18H2,(H2,23,24,25,26). The summed E-state index contributed by atoms with van der Waals surface area (Å²) in [6.07, 6.45) is 4.06. The van der Waals surface area contributed by atoms with E-state index in [0.717, 1.165) is 83.6 Å². The summed E-state index contributed by atoms with van der Waals surface area (Å²) in [4.78, 5) is 14.0. The highest BCUT2D eigenvalue weighted by Gasteiger charge is 2.20. The van der Waals surface area contributed by atoms with Crippen molar-refractivity contribution in [1.82, 2.24) is 19.8 Å². The van der Waals surface area contributed by atoms with Crippen LogP contribution in [-0.4, -0.2) is 78.3 Å². The van der Waals surface area contributed by atoms with Crippen LogP contribution in [0.2, 0.25) is 0 Å². The average Bonchev–Trinajstić information content (AvgIpc) is 2.77. The van der Waals surface area contributed by atoms with Gasteiger partial charge in [-0.1, -0.05) is 30.3 Å². The van der Waals surface area contributed by atoms with E-state index >= 15 is 0 Å². The summed E-state index contributed by atoms with van der Waals surface area (Å²) < 4.78 is 5.39. The van der Waals surface area contributed by atoms with E-state index in [1.165, 1.54) is 5.56 Å². The van der Waals surface area contributed by atoms with Gasteiger partial charge in [-0.15, -0.1) is 0 Å². The smallest absolute Gasteiger partial charge is 0.224 e. The zero-order valence-electron chi connectivity index (χ0n) is 17.1. The average molecular weight is 397 g/mol. The Hall–Kier alpha value is -2.22. The Morgan fingerprint density at radius 3 is 2.55 bits per heavy atom. The Labute approximate surface area is 173 Å². The largest absolute Gasteiger partial charge is 0.379 e. The molecule has 29 heavy (non-hydrogen) atoms. The quantitative estimate of drug-likeness (QED) is 0.710. The number of nitrogens with one attached hydrogen (secondary N) is 2. The van der Waals surface area contributed by atoms with E-state index in [-0.39, 0.29) is 0 Å². The molecule has 1 aromatic heterocycles. The van der Waals surface area contributed by atoms with Gasteiger partial charge in [0, 0.05) is 58.1 Å². The van der Waals surface area contributed by atoms with Gasteiger partial charge in [0.1, 0.15) is 5.82 Å². The molecule has 2 aliphatic rings. The number of ether oxygens (including phenoxy) is 1. The van der Waals surface area contributed by atoms with Gasteiger partial charge in [0.25, 0.3) is 0 Å². The molecule has 2 aliphatic heterocycles. The lowest BCUT2D eigenvalue weighted by molar-refractivity contribution is 0.0398. The summed E-state index contributed by atoms with van der Waals surface area (Å²) in [6.45, 7) is 8.84. The highest BCUT2D eigenvalue weighted by atomic mass is 16.5. The SMILES string of the molecule is c1ccc(CN2CCC(Nc3nccc(NCCN4CCOCC4)n3)CC2)cc1. The first-order valence-corrected chi connectivity index (χ1v) is 10.7. The third-order valence-electron chi connectivity index (χ3n) is 5.66. The molecule has 2 saturated heterocycles. The van der Waals surface area contributed by atoms with Crippen molar-refractivity contribution in [3.8, 4) is 0 Å². The molecule has 1 aromatic carbocycles. The van der Waals surface area contributed by atoms with Gasteiger partial charge in [0.2, 0.25) is 5.95 Å². The van der Waals surface area contributed by atoms with E-state index in [1.54, 1.807) is 0 Å². The van der Waals surface area contributed by atoms with Gasteiger partial charge < -0.3 is 15.4 Å². The van der Waals surface area contributed by atoms with Crippen LogP contribution in [0, 0.1) is 0 Å². The van der Waals surface area contributed by atoms with E-state index in [9.17, 15) is 0 Å². The molecule has 2 N–H and O–H groups in total. The summed E-state index contributed by atoms with van der Waals surface area (Å²) in [5.74, 6) is 1.61. The van der Waals surface area contributed by atoms with Crippen molar-refractivity contribution in [3.05, 3.63) is 48.2 Å². The summed E-state index contributed by atoms with van der Waals surface area (Å²) in [5, 5.41) is 6.95. The highest BCUT2D eigenvalue weighted by molar-refractivity contribution is 5.40. The fourth-order valence-electron chi connectivity index (χ4n) is 3.95. The molecule has 0 unspecified atom stereocenters. The number of aromatic nitrogens is 2. The van der Waals surface area contributed by atoms with Crippen molar-refractivity contribution < 1.29 is 4.74 Å². The first-order valence-electron chi connectivity index (χ1n) is 10.7. The Morgan fingerprint density at radius 1 is 0.966 bits per heavy atom. The Balaban J connectivity index is 1.19. The summed E-state index contributed by atoms with van der Waals surface area (Å²) in [5.41, 5.74) is 1.39. The zero-order chi connectivity index (χ0) is 19.7. The number of morpholine rings is 1. The van der Waals surface area contributed by atoms with Gasteiger partial charge in [-0.05, 0) is 24.5 Å². The van der Waals surface area contributed by atoms with Crippen molar-refractivity contribution in [1.29, 1.82) is 0 Å². The molecule has 0 aliphatic carbocycles. The number of benzene rings is 1. The van der Waals surface area contributed by atoms with Crippen molar-refractivity contribution in [2.75, 3.05) is 63.1 Å². The van der Waals surface area contributed by atoms with Crippen LogP contribution >= 0.6 is 0 Å². The minimum atomic E-state index is 0.436. The zero-order valence-corrected chi connectivity index (χ0v) is 17.1.